The van der Waals surface area contributed by atoms with Gasteiger partial charge in [-0.05, 0) is 38.5 Å². The van der Waals surface area contributed by atoms with Crippen LogP contribution in [0.2, 0.25) is 0 Å². The molecule has 0 amide bonds. The molecule has 17 heavy (non-hydrogen) atoms. The molecule has 94 valence electrons. The van der Waals surface area contributed by atoms with Crippen LogP contribution in [0.4, 0.5) is 0 Å². The average molecular weight is 236 g/mol. The van der Waals surface area contributed by atoms with Crippen LogP contribution in [0.15, 0.2) is 18.2 Å². The number of nitrogens with one attached hydrogen (secondary N) is 1. The summed E-state index contributed by atoms with van der Waals surface area (Å²) in [5, 5.41) is 7.39. The van der Waals surface area contributed by atoms with E-state index < -0.39 is 0 Å². The molecule has 0 saturated carbocycles. The Hall–Kier alpha value is -1.71. The molecule has 0 saturated heterocycles. The highest BCUT2D eigenvalue weighted by Gasteiger charge is 2.10. The van der Waals surface area contributed by atoms with Gasteiger partial charge in [0.25, 0.3) is 0 Å². The van der Waals surface area contributed by atoms with Crippen LogP contribution < -0.4 is 15.2 Å². The first-order valence-corrected chi connectivity index (χ1v) is 5.86. The molecule has 0 radical (unpaired) electrons. The Bertz CT molecular complexity index is 391. The molecule has 0 spiro atoms. The number of ether oxygens (including phenoxy) is 2. The molecule has 1 rings (SSSR count). The lowest BCUT2D eigenvalue weighted by atomic mass is 10.2. The second kappa shape index (κ2) is 6.13. The van der Waals surface area contributed by atoms with Crippen LogP contribution in [-0.2, 0) is 0 Å². The molecule has 0 bridgehead atoms. The van der Waals surface area contributed by atoms with E-state index in [-0.39, 0.29) is 11.9 Å². The van der Waals surface area contributed by atoms with Crippen molar-refractivity contribution in [3.63, 3.8) is 0 Å². The van der Waals surface area contributed by atoms with Crippen molar-refractivity contribution < 1.29 is 9.47 Å². The first-order valence-electron chi connectivity index (χ1n) is 5.86. The van der Waals surface area contributed by atoms with Gasteiger partial charge in [-0.25, -0.2) is 0 Å². The third kappa shape index (κ3) is 3.66. The van der Waals surface area contributed by atoms with Gasteiger partial charge in [0.1, 0.15) is 5.84 Å². The van der Waals surface area contributed by atoms with Crippen LogP contribution in [-0.4, -0.2) is 18.5 Å². The summed E-state index contributed by atoms with van der Waals surface area (Å²) >= 11 is 0. The fourth-order valence-corrected chi connectivity index (χ4v) is 1.34. The molecular weight excluding hydrogens is 216 g/mol. The maximum atomic E-state index is 7.39. The van der Waals surface area contributed by atoms with Gasteiger partial charge in [-0.15, -0.1) is 0 Å². The molecule has 0 aromatic heterocycles. The zero-order valence-corrected chi connectivity index (χ0v) is 10.6. The van der Waals surface area contributed by atoms with Crippen LogP contribution in [0, 0.1) is 5.41 Å². The highest BCUT2D eigenvalue weighted by atomic mass is 16.5. The number of rotatable bonds is 6. The summed E-state index contributed by atoms with van der Waals surface area (Å²) in [5.41, 5.74) is 6.09. The van der Waals surface area contributed by atoms with Crippen LogP contribution in [0.1, 0.15) is 32.8 Å². The van der Waals surface area contributed by atoms with E-state index in [0.29, 0.717) is 23.7 Å². The number of nitrogens with two attached hydrogens (primary N) is 1. The van der Waals surface area contributed by atoms with E-state index in [9.17, 15) is 0 Å². The van der Waals surface area contributed by atoms with E-state index >= 15 is 0 Å². The third-order valence-corrected chi connectivity index (χ3v) is 2.46. The van der Waals surface area contributed by atoms with Crippen LogP contribution >= 0.6 is 0 Å². The SMILES string of the molecule is CCOc1cc(C(=N)N)ccc1OC(C)CC. The molecular formula is C13H20N2O2. The normalized spacial score (nSPS) is 11.9. The lowest BCUT2D eigenvalue weighted by Crippen LogP contribution is -2.13. The molecule has 1 unspecified atom stereocenters. The zero-order chi connectivity index (χ0) is 12.8. The Morgan fingerprint density at radius 3 is 2.59 bits per heavy atom. The van der Waals surface area contributed by atoms with Gasteiger partial charge in [0.2, 0.25) is 0 Å². The van der Waals surface area contributed by atoms with E-state index in [4.69, 9.17) is 20.6 Å². The quantitative estimate of drug-likeness (QED) is 0.589. The maximum absolute atomic E-state index is 7.39. The van der Waals surface area contributed by atoms with E-state index in [1.807, 2.05) is 13.8 Å². The van der Waals surface area contributed by atoms with Gasteiger partial charge >= 0.3 is 0 Å². The Morgan fingerprint density at radius 2 is 2.06 bits per heavy atom. The van der Waals surface area contributed by atoms with Gasteiger partial charge in [-0.3, -0.25) is 5.41 Å². The number of amidine groups is 1. The van der Waals surface area contributed by atoms with E-state index in [1.165, 1.54) is 0 Å². The van der Waals surface area contributed by atoms with Gasteiger partial charge < -0.3 is 15.2 Å². The van der Waals surface area contributed by atoms with E-state index in [0.717, 1.165) is 6.42 Å². The average Bonchev–Trinajstić information content (AvgIpc) is 2.31. The van der Waals surface area contributed by atoms with Crippen LogP contribution in [0.3, 0.4) is 0 Å². The molecule has 0 heterocycles. The highest BCUT2D eigenvalue weighted by molar-refractivity contribution is 5.95. The van der Waals surface area contributed by atoms with Crippen molar-refractivity contribution in [1.29, 1.82) is 5.41 Å². The highest BCUT2D eigenvalue weighted by Crippen LogP contribution is 2.29. The van der Waals surface area contributed by atoms with E-state index in [2.05, 4.69) is 6.92 Å². The summed E-state index contributed by atoms with van der Waals surface area (Å²) in [7, 11) is 0. The maximum Gasteiger partial charge on any atom is 0.161 e. The number of nitrogen functional groups attached to an aromatic ring is 1. The van der Waals surface area contributed by atoms with Crippen molar-refractivity contribution in [3.05, 3.63) is 23.8 Å². The summed E-state index contributed by atoms with van der Waals surface area (Å²) in [6.07, 6.45) is 1.07. The molecule has 4 nitrogen and oxygen atoms in total. The smallest absolute Gasteiger partial charge is 0.161 e. The Balaban J connectivity index is 2.99. The minimum absolute atomic E-state index is 0.0287. The second-order valence-corrected chi connectivity index (χ2v) is 3.84. The predicted molar refractivity (Wildman–Crippen MR) is 69.0 cm³/mol. The largest absolute Gasteiger partial charge is 0.490 e. The first-order chi connectivity index (χ1) is 8.08. The molecule has 0 aliphatic carbocycles. The number of hydrogen-bond donors (Lipinski definition) is 2. The van der Waals surface area contributed by atoms with Crippen molar-refractivity contribution in [3.8, 4) is 11.5 Å². The first kappa shape index (κ1) is 13.4. The fraction of sp³-hybridized carbons (Fsp3) is 0.462. The van der Waals surface area contributed by atoms with Crippen molar-refractivity contribution in [2.24, 2.45) is 5.73 Å². The molecule has 3 N–H and O–H groups in total. The number of benzene rings is 1. The van der Waals surface area contributed by atoms with Gasteiger partial charge in [0, 0.05) is 5.56 Å². The number of hydrogen-bond acceptors (Lipinski definition) is 3. The standard InChI is InChI=1S/C13H20N2O2/c1-4-9(3)17-11-7-6-10(13(14)15)8-12(11)16-5-2/h6-9H,4-5H2,1-3H3,(H3,14,15). The Kier molecular flexibility index (Phi) is 4.82. The molecule has 0 fully saturated rings. The Labute approximate surface area is 102 Å². The van der Waals surface area contributed by atoms with Crippen molar-refractivity contribution in [2.45, 2.75) is 33.3 Å². The topological polar surface area (TPSA) is 68.3 Å². The Morgan fingerprint density at radius 1 is 1.35 bits per heavy atom. The summed E-state index contributed by atoms with van der Waals surface area (Å²) in [6.45, 7) is 6.54. The summed E-state index contributed by atoms with van der Waals surface area (Å²) in [5.74, 6) is 1.37. The summed E-state index contributed by atoms with van der Waals surface area (Å²) < 4.78 is 11.2. The van der Waals surface area contributed by atoms with E-state index in [1.54, 1.807) is 18.2 Å². The molecule has 1 atom stereocenters. The molecule has 1 aromatic rings. The zero-order valence-electron chi connectivity index (χ0n) is 10.6. The summed E-state index contributed by atoms with van der Waals surface area (Å²) in [4.78, 5) is 0. The minimum atomic E-state index is 0.0287. The van der Waals surface area contributed by atoms with Gasteiger partial charge in [0.15, 0.2) is 11.5 Å². The predicted octanol–water partition coefficient (Wildman–Crippen LogP) is 2.55. The van der Waals surface area contributed by atoms with Gasteiger partial charge in [-0.1, -0.05) is 6.92 Å². The van der Waals surface area contributed by atoms with Crippen molar-refractivity contribution in [1.82, 2.24) is 0 Å². The fourth-order valence-electron chi connectivity index (χ4n) is 1.34. The minimum Gasteiger partial charge on any atom is -0.490 e. The van der Waals surface area contributed by atoms with Gasteiger partial charge in [0.05, 0.1) is 12.7 Å². The molecule has 4 heteroatoms. The lowest BCUT2D eigenvalue weighted by molar-refractivity contribution is 0.203. The second-order valence-electron chi connectivity index (χ2n) is 3.84. The molecule has 0 aliphatic rings. The monoisotopic (exact) mass is 236 g/mol. The summed E-state index contributed by atoms with van der Waals surface area (Å²) in [6, 6.07) is 5.31. The molecule has 1 aromatic carbocycles. The van der Waals surface area contributed by atoms with Crippen molar-refractivity contribution >= 4 is 5.84 Å². The van der Waals surface area contributed by atoms with Gasteiger partial charge in [-0.2, -0.15) is 0 Å². The molecule has 0 aliphatic heterocycles. The lowest BCUT2D eigenvalue weighted by Gasteiger charge is -2.16. The van der Waals surface area contributed by atoms with Crippen molar-refractivity contribution in [2.75, 3.05) is 6.61 Å². The van der Waals surface area contributed by atoms with Crippen LogP contribution in [0.25, 0.3) is 0 Å². The third-order valence-electron chi connectivity index (χ3n) is 2.46. The van der Waals surface area contributed by atoms with Crippen LogP contribution in [0.5, 0.6) is 11.5 Å².